The topological polar surface area (TPSA) is 115 Å². The van der Waals surface area contributed by atoms with Gasteiger partial charge in [-0.25, -0.2) is 9.97 Å². The lowest BCUT2D eigenvalue weighted by molar-refractivity contribution is 0.122. The van der Waals surface area contributed by atoms with Crippen molar-refractivity contribution in [2.75, 3.05) is 54.5 Å². The Bertz CT molecular complexity index is 1330. The summed E-state index contributed by atoms with van der Waals surface area (Å²) in [6, 6.07) is 18.3. The minimum absolute atomic E-state index is 0.223. The third-order valence-electron chi connectivity index (χ3n) is 6.81. The van der Waals surface area contributed by atoms with Crippen molar-refractivity contribution in [3.63, 3.8) is 0 Å². The van der Waals surface area contributed by atoms with E-state index >= 15 is 0 Å². The highest BCUT2D eigenvalue weighted by atomic mass is 16.5. The van der Waals surface area contributed by atoms with Crippen LogP contribution in [0.2, 0.25) is 0 Å². The lowest BCUT2D eigenvalue weighted by Crippen LogP contribution is -2.36. The van der Waals surface area contributed by atoms with Crippen LogP contribution in [-0.4, -0.2) is 75.8 Å². The van der Waals surface area contributed by atoms with E-state index < -0.39 is 0 Å². The number of benzene rings is 2. The van der Waals surface area contributed by atoms with Gasteiger partial charge in [0, 0.05) is 54.9 Å². The van der Waals surface area contributed by atoms with Crippen LogP contribution in [-0.2, 0) is 4.74 Å². The Balaban J connectivity index is 1.13. The number of aromatic amines is 1. The van der Waals surface area contributed by atoms with Gasteiger partial charge in [0.15, 0.2) is 5.82 Å². The fraction of sp³-hybridized carbons (Fsp3) is 0.333. The Labute approximate surface area is 215 Å². The molecule has 0 saturated carbocycles. The van der Waals surface area contributed by atoms with Crippen LogP contribution >= 0.6 is 0 Å². The van der Waals surface area contributed by atoms with Crippen molar-refractivity contribution in [3.8, 4) is 22.6 Å². The lowest BCUT2D eigenvalue weighted by atomic mass is 10.1. The summed E-state index contributed by atoms with van der Waals surface area (Å²) in [5, 5.41) is 20.4. The molecule has 0 atom stereocenters. The largest absolute Gasteiger partial charge is 0.393 e. The van der Waals surface area contributed by atoms with E-state index in [0.29, 0.717) is 17.7 Å². The van der Waals surface area contributed by atoms with Crippen molar-refractivity contribution in [1.29, 1.82) is 0 Å². The first-order valence-electron chi connectivity index (χ1n) is 12.7. The molecule has 0 unspecified atom stereocenters. The van der Waals surface area contributed by atoms with Crippen LogP contribution < -0.4 is 15.1 Å². The Morgan fingerprint density at radius 2 is 1.70 bits per heavy atom. The van der Waals surface area contributed by atoms with Gasteiger partial charge in [0.05, 0.1) is 25.0 Å². The molecule has 0 spiro atoms. The number of aliphatic hydroxyl groups is 1. The van der Waals surface area contributed by atoms with Crippen molar-refractivity contribution in [2.24, 2.45) is 0 Å². The second-order valence-electron chi connectivity index (χ2n) is 9.32. The molecule has 2 aromatic heterocycles. The van der Waals surface area contributed by atoms with Crippen LogP contribution in [0.3, 0.4) is 0 Å². The Morgan fingerprint density at radius 3 is 2.51 bits per heavy atom. The summed E-state index contributed by atoms with van der Waals surface area (Å²) in [6.07, 6.45) is 3.04. The molecule has 6 rings (SSSR count). The second kappa shape index (κ2) is 10.5. The van der Waals surface area contributed by atoms with Gasteiger partial charge in [-0.15, -0.1) is 5.10 Å². The molecule has 4 aromatic rings. The maximum absolute atomic E-state index is 9.73. The van der Waals surface area contributed by atoms with Gasteiger partial charge in [-0.2, -0.15) is 4.98 Å². The van der Waals surface area contributed by atoms with Gasteiger partial charge in [-0.05, 0) is 55.3 Å². The summed E-state index contributed by atoms with van der Waals surface area (Å²) in [5.41, 5.74) is 4.92. The Hall–Kier alpha value is -4.02. The maximum Gasteiger partial charge on any atom is 0.245 e. The smallest absolute Gasteiger partial charge is 0.245 e. The molecule has 4 heterocycles. The number of morpholine rings is 1. The number of nitrogens with one attached hydrogen (secondary N) is 2. The molecule has 10 nitrogen and oxygen atoms in total. The average molecular weight is 499 g/mol. The quantitative estimate of drug-likeness (QED) is 0.367. The fourth-order valence-corrected chi connectivity index (χ4v) is 4.69. The SMILES string of the molecule is OC1CCN(c2n[nH]c(-c3ccc(Nc4nccc(-c5cccc(N6CCOCC6)c5)n4)cc3)n2)CC1. The van der Waals surface area contributed by atoms with Gasteiger partial charge in [0.25, 0.3) is 0 Å². The normalized spacial score (nSPS) is 16.7. The van der Waals surface area contributed by atoms with E-state index in [0.717, 1.165) is 74.7 Å². The van der Waals surface area contributed by atoms with Gasteiger partial charge in [-0.3, -0.25) is 5.10 Å². The van der Waals surface area contributed by atoms with Gasteiger partial charge in [-0.1, -0.05) is 12.1 Å². The highest BCUT2D eigenvalue weighted by Gasteiger charge is 2.20. The molecule has 2 fully saturated rings. The first kappa shape index (κ1) is 23.4. The van der Waals surface area contributed by atoms with Crippen molar-refractivity contribution >= 4 is 23.3 Å². The molecule has 3 N–H and O–H groups in total. The van der Waals surface area contributed by atoms with E-state index in [4.69, 9.17) is 9.72 Å². The number of H-pyrrole nitrogens is 1. The molecule has 0 aliphatic carbocycles. The number of rotatable bonds is 6. The number of piperidine rings is 1. The van der Waals surface area contributed by atoms with Crippen molar-refractivity contribution < 1.29 is 9.84 Å². The van der Waals surface area contributed by atoms with Crippen LogP contribution in [0.25, 0.3) is 22.6 Å². The van der Waals surface area contributed by atoms with Crippen LogP contribution in [0.15, 0.2) is 60.8 Å². The number of aromatic nitrogens is 5. The van der Waals surface area contributed by atoms with E-state index in [1.807, 2.05) is 30.3 Å². The molecule has 37 heavy (non-hydrogen) atoms. The van der Waals surface area contributed by atoms with Gasteiger partial charge >= 0.3 is 0 Å². The summed E-state index contributed by atoms with van der Waals surface area (Å²) >= 11 is 0. The summed E-state index contributed by atoms with van der Waals surface area (Å²) in [6.45, 7) is 4.83. The molecular weight excluding hydrogens is 468 g/mol. The molecule has 190 valence electrons. The third kappa shape index (κ3) is 5.40. The number of anilines is 4. The molecule has 2 aliphatic heterocycles. The summed E-state index contributed by atoms with van der Waals surface area (Å²) in [5.74, 6) is 1.93. The summed E-state index contributed by atoms with van der Waals surface area (Å²) < 4.78 is 5.48. The Morgan fingerprint density at radius 1 is 0.892 bits per heavy atom. The van der Waals surface area contributed by atoms with Crippen molar-refractivity contribution in [1.82, 2.24) is 25.1 Å². The summed E-state index contributed by atoms with van der Waals surface area (Å²) in [4.78, 5) is 18.2. The second-order valence-corrected chi connectivity index (χ2v) is 9.32. The monoisotopic (exact) mass is 498 g/mol. The molecule has 2 saturated heterocycles. The van der Waals surface area contributed by atoms with Crippen molar-refractivity contribution in [2.45, 2.75) is 18.9 Å². The maximum atomic E-state index is 9.73. The predicted molar refractivity (Wildman–Crippen MR) is 143 cm³/mol. The van der Waals surface area contributed by atoms with E-state index in [1.165, 1.54) is 5.69 Å². The lowest BCUT2D eigenvalue weighted by Gasteiger charge is -2.29. The standard InChI is InChI=1S/C27H30N8O2/c36-23-9-12-35(13-10-23)27-31-25(32-33-27)19-4-6-21(7-5-19)29-26-28-11-8-24(30-26)20-2-1-3-22(18-20)34-14-16-37-17-15-34/h1-8,11,18,23,36H,9-10,12-17H2,(H,28,29,30)(H,31,32,33). The van der Waals surface area contributed by atoms with E-state index in [2.05, 4.69) is 59.5 Å². The highest BCUT2D eigenvalue weighted by Crippen LogP contribution is 2.26. The Kier molecular flexibility index (Phi) is 6.66. The van der Waals surface area contributed by atoms with Gasteiger partial charge in [0.2, 0.25) is 11.9 Å². The van der Waals surface area contributed by atoms with Gasteiger partial charge < -0.3 is 25.0 Å². The predicted octanol–water partition coefficient (Wildman–Crippen LogP) is 3.47. The third-order valence-corrected chi connectivity index (χ3v) is 6.81. The molecule has 0 amide bonds. The van der Waals surface area contributed by atoms with E-state index in [-0.39, 0.29) is 6.10 Å². The number of ether oxygens (including phenoxy) is 1. The van der Waals surface area contributed by atoms with E-state index in [9.17, 15) is 5.11 Å². The zero-order valence-corrected chi connectivity index (χ0v) is 20.5. The molecule has 2 aliphatic rings. The zero-order valence-electron chi connectivity index (χ0n) is 20.5. The first-order valence-corrected chi connectivity index (χ1v) is 12.7. The molecule has 0 radical (unpaired) electrons. The number of hydrogen-bond donors (Lipinski definition) is 3. The van der Waals surface area contributed by atoms with Crippen molar-refractivity contribution in [3.05, 3.63) is 60.8 Å². The zero-order chi connectivity index (χ0) is 25.0. The minimum atomic E-state index is -0.223. The van der Waals surface area contributed by atoms with Crippen LogP contribution in [0, 0.1) is 0 Å². The molecule has 10 heteroatoms. The molecular formula is C27H30N8O2. The molecule has 2 aromatic carbocycles. The van der Waals surface area contributed by atoms with E-state index in [1.54, 1.807) is 6.20 Å². The van der Waals surface area contributed by atoms with Gasteiger partial charge in [0.1, 0.15) is 0 Å². The number of hydrogen-bond acceptors (Lipinski definition) is 9. The van der Waals surface area contributed by atoms with Crippen LogP contribution in [0.1, 0.15) is 12.8 Å². The highest BCUT2D eigenvalue weighted by molar-refractivity contribution is 5.68. The fourth-order valence-electron chi connectivity index (χ4n) is 4.69. The van der Waals surface area contributed by atoms with Crippen LogP contribution in [0.4, 0.5) is 23.3 Å². The number of nitrogens with zero attached hydrogens (tertiary/aromatic N) is 6. The van der Waals surface area contributed by atoms with Crippen LogP contribution in [0.5, 0.6) is 0 Å². The summed E-state index contributed by atoms with van der Waals surface area (Å²) in [7, 11) is 0. The molecule has 0 bridgehead atoms. The number of aliphatic hydroxyl groups excluding tert-OH is 1. The first-order chi connectivity index (χ1) is 18.2. The average Bonchev–Trinajstić information content (AvgIpc) is 3.45. The minimum Gasteiger partial charge on any atom is -0.393 e.